The lowest BCUT2D eigenvalue weighted by Gasteiger charge is -2.08. The van der Waals surface area contributed by atoms with Gasteiger partial charge in [0.2, 0.25) is 0 Å². The predicted octanol–water partition coefficient (Wildman–Crippen LogP) is 4.33. The molecule has 3 aromatic rings. The zero-order valence-corrected chi connectivity index (χ0v) is 15.1. The molecule has 0 saturated heterocycles. The number of ether oxygens (including phenoxy) is 1. The maximum atomic E-state index is 12.2. The summed E-state index contributed by atoms with van der Waals surface area (Å²) in [7, 11) is 0. The normalized spacial score (nSPS) is 10.4. The van der Waals surface area contributed by atoms with Gasteiger partial charge in [-0.15, -0.1) is 0 Å². The summed E-state index contributed by atoms with van der Waals surface area (Å²) in [5.41, 5.74) is 2.80. The van der Waals surface area contributed by atoms with E-state index in [0.29, 0.717) is 18.7 Å². The van der Waals surface area contributed by atoms with Crippen LogP contribution in [0.3, 0.4) is 0 Å². The Morgan fingerprint density at radius 2 is 1.52 bits per heavy atom. The molecule has 2 N–H and O–H groups in total. The van der Waals surface area contributed by atoms with Crippen LogP contribution in [-0.2, 0) is 13.0 Å². The van der Waals surface area contributed by atoms with Gasteiger partial charge in [-0.3, -0.25) is 4.79 Å². The molecule has 0 aliphatic heterocycles. The van der Waals surface area contributed by atoms with Crippen molar-refractivity contribution < 1.29 is 14.6 Å². The largest absolute Gasteiger partial charge is 0.508 e. The molecule has 0 saturated carbocycles. The quantitative estimate of drug-likeness (QED) is 0.587. The van der Waals surface area contributed by atoms with E-state index in [0.717, 1.165) is 29.7 Å². The number of carbonyl (C=O) groups is 1. The number of benzene rings is 3. The number of hydrogen-bond acceptors (Lipinski definition) is 3. The van der Waals surface area contributed by atoms with E-state index in [1.54, 1.807) is 12.1 Å². The maximum absolute atomic E-state index is 12.2. The third-order valence-corrected chi connectivity index (χ3v) is 4.23. The highest BCUT2D eigenvalue weighted by molar-refractivity contribution is 5.94. The first-order chi connectivity index (χ1) is 13.2. The Morgan fingerprint density at radius 1 is 0.852 bits per heavy atom. The number of rotatable bonds is 8. The molecule has 0 unspecified atom stereocenters. The second-order valence-corrected chi connectivity index (χ2v) is 6.32. The van der Waals surface area contributed by atoms with Crippen LogP contribution in [0.15, 0.2) is 78.9 Å². The molecular formula is C23H23NO3. The molecule has 0 aliphatic rings. The van der Waals surface area contributed by atoms with Crippen LogP contribution < -0.4 is 10.1 Å². The third kappa shape index (κ3) is 5.89. The van der Waals surface area contributed by atoms with Crippen molar-refractivity contribution >= 4 is 5.91 Å². The first-order valence-corrected chi connectivity index (χ1v) is 9.03. The molecule has 27 heavy (non-hydrogen) atoms. The van der Waals surface area contributed by atoms with E-state index < -0.39 is 0 Å². The van der Waals surface area contributed by atoms with E-state index in [9.17, 15) is 9.90 Å². The van der Waals surface area contributed by atoms with E-state index >= 15 is 0 Å². The Balaban J connectivity index is 1.41. The zero-order valence-electron chi connectivity index (χ0n) is 15.1. The lowest BCUT2D eigenvalue weighted by molar-refractivity contribution is 0.0953. The maximum Gasteiger partial charge on any atom is 0.251 e. The number of phenolic OH excluding ortho intramolecular Hbond substituents is 1. The van der Waals surface area contributed by atoms with Crippen molar-refractivity contribution in [1.29, 1.82) is 0 Å². The van der Waals surface area contributed by atoms with Gasteiger partial charge in [0.05, 0.1) is 0 Å². The molecule has 0 radical (unpaired) electrons. The van der Waals surface area contributed by atoms with Crippen molar-refractivity contribution in [3.05, 3.63) is 95.6 Å². The van der Waals surface area contributed by atoms with Crippen LogP contribution in [0.1, 0.15) is 27.9 Å². The van der Waals surface area contributed by atoms with Crippen LogP contribution in [0, 0.1) is 0 Å². The zero-order chi connectivity index (χ0) is 18.9. The molecule has 0 aromatic heterocycles. The van der Waals surface area contributed by atoms with E-state index in [4.69, 9.17) is 4.74 Å². The summed E-state index contributed by atoms with van der Waals surface area (Å²) in [5, 5.41) is 12.2. The highest BCUT2D eigenvalue weighted by Gasteiger charge is 2.05. The standard InChI is InChI=1S/C23H23NO3/c25-21-14-10-18(11-15-21)5-4-16-24-23(26)20-12-8-19(9-13-20)17-27-22-6-2-1-3-7-22/h1-3,6-15,25H,4-5,16-17H2,(H,24,26). The molecule has 0 heterocycles. The van der Waals surface area contributed by atoms with Crippen LogP contribution in [0.25, 0.3) is 0 Å². The number of aromatic hydroxyl groups is 1. The minimum atomic E-state index is -0.0729. The SMILES string of the molecule is O=C(NCCCc1ccc(O)cc1)c1ccc(COc2ccccc2)cc1. The Labute approximate surface area is 159 Å². The summed E-state index contributed by atoms with van der Waals surface area (Å²) >= 11 is 0. The number of phenols is 1. The minimum absolute atomic E-state index is 0.0729. The molecule has 0 bridgehead atoms. The highest BCUT2D eigenvalue weighted by atomic mass is 16.5. The Kier molecular flexibility index (Phi) is 6.47. The fourth-order valence-corrected chi connectivity index (χ4v) is 2.69. The van der Waals surface area contributed by atoms with Crippen molar-refractivity contribution in [3.63, 3.8) is 0 Å². The van der Waals surface area contributed by atoms with Crippen molar-refractivity contribution in [2.75, 3.05) is 6.54 Å². The van der Waals surface area contributed by atoms with Crippen LogP contribution in [0.5, 0.6) is 11.5 Å². The van der Waals surface area contributed by atoms with Gasteiger partial charge in [0.1, 0.15) is 18.1 Å². The predicted molar refractivity (Wildman–Crippen MR) is 106 cm³/mol. The van der Waals surface area contributed by atoms with Gasteiger partial charge >= 0.3 is 0 Å². The van der Waals surface area contributed by atoms with Crippen LogP contribution in [0.2, 0.25) is 0 Å². The summed E-state index contributed by atoms with van der Waals surface area (Å²) in [6, 6.07) is 24.3. The molecule has 3 aromatic carbocycles. The Morgan fingerprint density at radius 3 is 2.22 bits per heavy atom. The number of aryl methyl sites for hydroxylation is 1. The van der Waals surface area contributed by atoms with Gasteiger partial charge in [0.25, 0.3) is 5.91 Å². The van der Waals surface area contributed by atoms with Crippen LogP contribution >= 0.6 is 0 Å². The molecule has 3 rings (SSSR count). The second kappa shape index (κ2) is 9.43. The highest BCUT2D eigenvalue weighted by Crippen LogP contribution is 2.13. The van der Waals surface area contributed by atoms with E-state index in [2.05, 4.69) is 5.32 Å². The number of carbonyl (C=O) groups excluding carboxylic acids is 1. The number of hydrogen-bond donors (Lipinski definition) is 2. The van der Waals surface area contributed by atoms with Gasteiger partial charge < -0.3 is 15.2 Å². The lowest BCUT2D eigenvalue weighted by Crippen LogP contribution is -2.24. The number of para-hydroxylation sites is 1. The Bertz CT molecular complexity index is 843. The molecule has 0 fully saturated rings. The smallest absolute Gasteiger partial charge is 0.251 e. The average molecular weight is 361 g/mol. The summed E-state index contributed by atoms with van der Waals surface area (Å²) in [6.07, 6.45) is 1.70. The minimum Gasteiger partial charge on any atom is -0.508 e. The van der Waals surface area contributed by atoms with Gasteiger partial charge in [0, 0.05) is 12.1 Å². The molecule has 0 atom stereocenters. The summed E-state index contributed by atoms with van der Waals surface area (Å²) in [5.74, 6) is 1.02. The third-order valence-electron chi connectivity index (χ3n) is 4.23. The molecule has 0 spiro atoms. The van der Waals surface area contributed by atoms with Gasteiger partial charge in [0.15, 0.2) is 0 Å². The van der Waals surface area contributed by atoms with Gasteiger partial charge in [-0.2, -0.15) is 0 Å². The topological polar surface area (TPSA) is 58.6 Å². The van der Waals surface area contributed by atoms with Crippen molar-refractivity contribution in [2.24, 2.45) is 0 Å². The molecule has 4 heteroatoms. The van der Waals surface area contributed by atoms with Crippen molar-refractivity contribution in [2.45, 2.75) is 19.4 Å². The van der Waals surface area contributed by atoms with Crippen LogP contribution in [-0.4, -0.2) is 17.6 Å². The van der Waals surface area contributed by atoms with Gasteiger partial charge in [-0.25, -0.2) is 0 Å². The van der Waals surface area contributed by atoms with E-state index in [-0.39, 0.29) is 11.7 Å². The van der Waals surface area contributed by atoms with Crippen molar-refractivity contribution in [3.8, 4) is 11.5 Å². The van der Waals surface area contributed by atoms with Crippen LogP contribution in [0.4, 0.5) is 0 Å². The molecule has 0 aliphatic carbocycles. The summed E-state index contributed by atoms with van der Waals surface area (Å²) in [6.45, 7) is 1.08. The molecule has 138 valence electrons. The molecular weight excluding hydrogens is 338 g/mol. The first-order valence-electron chi connectivity index (χ1n) is 9.03. The van der Waals surface area contributed by atoms with Gasteiger partial charge in [-0.1, -0.05) is 42.5 Å². The van der Waals surface area contributed by atoms with E-state index in [1.165, 1.54) is 0 Å². The van der Waals surface area contributed by atoms with E-state index in [1.807, 2.05) is 66.7 Å². The number of amides is 1. The fourth-order valence-electron chi connectivity index (χ4n) is 2.69. The van der Waals surface area contributed by atoms with Crippen molar-refractivity contribution in [1.82, 2.24) is 5.32 Å². The Hall–Kier alpha value is -3.27. The monoisotopic (exact) mass is 361 g/mol. The summed E-state index contributed by atoms with van der Waals surface area (Å²) in [4.78, 5) is 12.2. The molecule has 4 nitrogen and oxygen atoms in total. The average Bonchev–Trinajstić information content (AvgIpc) is 2.72. The molecule has 1 amide bonds. The fraction of sp³-hybridized carbons (Fsp3) is 0.174. The second-order valence-electron chi connectivity index (χ2n) is 6.32. The number of nitrogens with one attached hydrogen (secondary N) is 1. The summed E-state index contributed by atoms with van der Waals surface area (Å²) < 4.78 is 5.71. The lowest BCUT2D eigenvalue weighted by atomic mass is 10.1. The first kappa shape index (κ1) is 18.5. The van der Waals surface area contributed by atoms with Gasteiger partial charge in [-0.05, 0) is 60.4 Å².